The minimum Gasteiger partial charge on any atom is -0.497 e. The Kier molecular flexibility index (Phi) is 5.85. The van der Waals surface area contributed by atoms with Crippen molar-refractivity contribution in [2.45, 2.75) is 19.0 Å². The third kappa shape index (κ3) is 3.70. The number of aromatic nitrogens is 4. The highest BCUT2D eigenvalue weighted by molar-refractivity contribution is 7.99. The Labute approximate surface area is 179 Å². The summed E-state index contributed by atoms with van der Waals surface area (Å²) in [5, 5.41) is 10.4. The Morgan fingerprint density at radius 3 is 2.67 bits per heavy atom. The van der Waals surface area contributed by atoms with E-state index in [4.69, 9.17) is 9.72 Å². The molecule has 154 valence electrons. The van der Waals surface area contributed by atoms with Crippen LogP contribution in [0.1, 0.15) is 13.8 Å². The van der Waals surface area contributed by atoms with Crippen LogP contribution < -0.4 is 4.74 Å². The molecule has 0 aliphatic rings. The van der Waals surface area contributed by atoms with Gasteiger partial charge in [0.25, 0.3) is 0 Å². The van der Waals surface area contributed by atoms with E-state index >= 15 is 0 Å². The van der Waals surface area contributed by atoms with Gasteiger partial charge in [0.2, 0.25) is 5.91 Å². The van der Waals surface area contributed by atoms with Crippen LogP contribution in [0.2, 0.25) is 0 Å². The molecule has 0 aliphatic carbocycles. The van der Waals surface area contributed by atoms with Gasteiger partial charge in [-0.15, -0.1) is 10.2 Å². The summed E-state index contributed by atoms with van der Waals surface area (Å²) in [7, 11) is 1.64. The molecule has 0 saturated heterocycles. The first-order valence-electron chi connectivity index (χ1n) is 9.85. The minimum absolute atomic E-state index is 0.0819. The molecule has 0 saturated carbocycles. The molecule has 8 heteroatoms. The summed E-state index contributed by atoms with van der Waals surface area (Å²) in [6.45, 7) is 5.35. The minimum atomic E-state index is 0.0819. The van der Waals surface area contributed by atoms with E-state index in [2.05, 4.69) is 10.2 Å². The van der Waals surface area contributed by atoms with Gasteiger partial charge in [-0.1, -0.05) is 36.0 Å². The lowest BCUT2D eigenvalue weighted by atomic mass is 10.1. The number of nitrogens with zero attached hydrogens (tertiary/aromatic N) is 5. The average molecular weight is 422 g/mol. The van der Waals surface area contributed by atoms with Gasteiger partial charge in [-0.3, -0.25) is 9.20 Å². The van der Waals surface area contributed by atoms with Gasteiger partial charge in [0.1, 0.15) is 11.6 Å². The first-order chi connectivity index (χ1) is 14.7. The van der Waals surface area contributed by atoms with Crippen LogP contribution in [0.15, 0.2) is 53.7 Å². The highest BCUT2D eigenvalue weighted by atomic mass is 32.2. The summed E-state index contributed by atoms with van der Waals surface area (Å²) in [5.74, 6) is 1.84. The van der Waals surface area contributed by atoms with E-state index in [1.54, 1.807) is 7.11 Å². The van der Waals surface area contributed by atoms with E-state index < -0.39 is 0 Å². The van der Waals surface area contributed by atoms with Crippen molar-refractivity contribution >= 4 is 34.2 Å². The van der Waals surface area contributed by atoms with Gasteiger partial charge in [-0.2, -0.15) is 0 Å². The monoisotopic (exact) mass is 421 g/mol. The number of amides is 1. The van der Waals surface area contributed by atoms with E-state index in [0.29, 0.717) is 29.8 Å². The summed E-state index contributed by atoms with van der Waals surface area (Å²) in [6, 6.07) is 15.6. The van der Waals surface area contributed by atoms with Gasteiger partial charge in [0, 0.05) is 24.0 Å². The third-order valence-electron chi connectivity index (χ3n) is 4.99. The molecule has 1 amide bonds. The molecule has 2 aromatic heterocycles. The van der Waals surface area contributed by atoms with Crippen molar-refractivity contribution in [2.24, 2.45) is 0 Å². The molecular weight excluding hydrogens is 398 g/mol. The Hall–Kier alpha value is -3.13. The number of benzene rings is 2. The fraction of sp³-hybridized carbons (Fsp3) is 0.273. The molecule has 4 aromatic rings. The summed E-state index contributed by atoms with van der Waals surface area (Å²) in [6.07, 6.45) is 0. The van der Waals surface area contributed by atoms with Crippen LogP contribution in [-0.4, -0.2) is 56.3 Å². The first-order valence-corrected chi connectivity index (χ1v) is 10.8. The van der Waals surface area contributed by atoms with Crippen molar-refractivity contribution in [1.82, 2.24) is 24.5 Å². The predicted octanol–water partition coefficient (Wildman–Crippen LogP) is 3.91. The molecule has 0 bridgehead atoms. The van der Waals surface area contributed by atoms with Crippen LogP contribution in [0, 0.1) is 0 Å². The zero-order chi connectivity index (χ0) is 21.1. The van der Waals surface area contributed by atoms with E-state index in [0.717, 1.165) is 27.9 Å². The summed E-state index contributed by atoms with van der Waals surface area (Å²) in [4.78, 5) is 19.2. The van der Waals surface area contributed by atoms with Crippen molar-refractivity contribution < 1.29 is 9.53 Å². The maximum atomic E-state index is 12.5. The second-order valence-electron chi connectivity index (χ2n) is 6.68. The topological polar surface area (TPSA) is 72.6 Å². The number of thioether (sulfide) groups is 1. The lowest BCUT2D eigenvalue weighted by molar-refractivity contribution is -0.127. The van der Waals surface area contributed by atoms with E-state index in [-0.39, 0.29) is 5.91 Å². The van der Waals surface area contributed by atoms with Crippen LogP contribution in [-0.2, 0) is 4.79 Å². The molecule has 2 heterocycles. The van der Waals surface area contributed by atoms with E-state index in [9.17, 15) is 4.79 Å². The van der Waals surface area contributed by atoms with Gasteiger partial charge in [0.15, 0.2) is 10.8 Å². The van der Waals surface area contributed by atoms with Crippen LogP contribution in [0.3, 0.4) is 0 Å². The fourth-order valence-corrected chi connectivity index (χ4v) is 4.24. The van der Waals surface area contributed by atoms with Crippen LogP contribution >= 0.6 is 11.8 Å². The summed E-state index contributed by atoms with van der Waals surface area (Å²) < 4.78 is 7.32. The van der Waals surface area contributed by atoms with Gasteiger partial charge in [-0.05, 0) is 38.1 Å². The van der Waals surface area contributed by atoms with Crippen LogP contribution in [0.5, 0.6) is 5.75 Å². The van der Waals surface area contributed by atoms with Crippen LogP contribution in [0.4, 0.5) is 0 Å². The first kappa shape index (κ1) is 20.2. The summed E-state index contributed by atoms with van der Waals surface area (Å²) in [5.41, 5.74) is 2.45. The molecule has 0 fully saturated rings. The summed E-state index contributed by atoms with van der Waals surface area (Å²) >= 11 is 1.38. The molecule has 7 nitrogen and oxygen atoms in total. The largest absolute Gasteiger partial charge is 0.497 e. The molecular formula is C22H23N5O2S. The van der Waals surface area contributed by atoms with Gasteiger partial charge in [0.05, 0.1) is 18.4 Å². The highest BCUT2D eigenvalue weighted by Crippen LogP contribution is 2.30. The zero-order valence-electron chi connectivity index (χ0n) is 17.2. The number of para-hydroxylation sites is 1. The number of carbonyl (C=O) groups is 1. The van der Waals surface area contributed by atoms with Crippen molar-refractivity contribution in [3.05, 3.63) is 48.5 Å². The number of methoxy groups -OCH3 is 1. The molecule has 2 aromatic carbocycles. The fourth-order valence-electron chi connectivity index (χ4n) is 3.40. The number of hydrogen-bond acceptors (Lipinski definition) is 6. The van der Waals surface area contributed by atoms with E-state index in [1.165, 1.54) is 11.8 Å². The van der Waals surface area contributed by atoms with Crippen molar-refractivity contribution in [3.63, 3.8) is 0 Å². The number of fused-ring (bicyclic) bond motifs is 3. The third-order valence-corrected chi connectivity index (χ3v) is 5.90. The number of carbonyl (C=O) groups excluding carboxylic acids is 1. The number of ether oxygens (including phenoxy) is 1. The second-order valence-corrected chi connectivity index (χ2v) is 7.62. The molecule has 0 radical (unpaired) electrons. The van der Waals surface area contributed by atoms with Crippen molar-refractivity contribution in [2.75, 3.05) is 26.0 Å². The molecule has 0 spiro atoms. The Balaban J connectivity index is 1.84. The van der Waals surface area contributed by atoms with Crippen molar-refractivity contribution in [1.29, 1.82) is 0 Å². The molecule has 4 rings (SSSR count). The number of hydrogen-bond donors (Lipinski definition) is 0. The SMILES string of the molecule is CCN(CC)C(=O)CSc1nnc2c3ccccc3nc(-c3cccc(OC)c3)n12. The number of rotatable bonds is 7. The smallest absolute Gasteiger partial charge is 0.233 e. The van der Waals surface area contributed by atoms with Gasteiger partial charge in [-0.25, -0.2) is 4.98 Å². The molecule has 0 unspecified atom stereocenters. The second kappa shape index (κ2) is 8.71. The molecule has 0 atom stereocenters. The standard InChI is InChI=1S/C22H23N5O2S/c1-4-26(5-2)19(28)14-30-22-25-24-21-17-11-6-7-12-18(17)23-20(27(21)22)15-9-8-10-16(13-15)29-3/h6-13H,4-5,14H2,1-3H3. The highest BCUT2D eigenvalue weighted by Gasteiger charge is 2.19. The molecule has 0 N–H and O–H groups in total. The Morgan fingerprint density at radius 2 is 1.90 bits per heavy atom. The van der Waals surface area contributed by atoms with Crippen molar-refractivity contribution in [3.8, 4) is 17.1 Å². The molecule has 0 aliphatic heterocycles. The zero-order valence-corrected chi connectivity index (χ0v) is 18.0. The normalized spacial score (nSPS) is 11.2. The maximum absolute atomic E-state index is 12.5. The lowest BCUT2D eigenvalue weighted by Gasteiger charge is -2.18. The average Bonchev–Trinajstić information content (AvgIpc) is 3.22. The van der Waals surface area contributed by atoms with Gasteiger partial charge >= 0.3 is 0 Å². The van der Waals surface area contributed by atoms with Crippen LogP contribution in [0.25, 0.3) is 27.9 Å². The van der Waals surface area contributed by atoms with E-state index in [1.807, 2.05) is 71.7 Å². The quantitative estimate of drug-likeness (QED) is 0.421. The lowest BCUT2D eigenvalue weighted by Crippen LogP contribution is -2.31. The predicted molar refractivity (Wildman–Crippen MR) is 119 cm³/mol. The Bertz CT molecular complexity index is 1200. The van der Waals surface area contributed by atoms with Gasteiger partial charge < -0.3 is 9.64 Å². The molecule has 30 heavy (non-hydrogen) atoms. The maximum Gasteiger partial charge on any atom is 0.233 e. The Morgan fingerprint density at radius 1 is 1.10 bits per heavy atom.